The van der Waals surface area contributed by atoms with Crippen LogP contribution >= 0.6 is 0 Å². The normalized spacial score (nSPS) is 34.8. The molecule has 2 saturated carbocycles. The first kappa shape index (κ1) is 13.8. The zero-order chi connectivity index (χ0) is 12.8. The van der Waals surface area contributed by atoms with E-state index in [1.54, 1.807) is 7.11 Å². The highest BCUT2D eigenvalue weighted by atomic mass is 16.5. The van der Waals surface area contributed by atoms with E-state index in [1.807, 2.05) is 0 Å². The molecule has 102 valence electrons. The fourth-order valence-corrected chi connectivity index (χ4v) is 3.57. The van der Waals surface area contributed by atoms with Gasteiger partial charge in [0.2, 0.25) is 0 Å². The number of nitrogens with zero attached hydrogens (tertiary/aromatic N) is 1. The lowest BCUT2D eigenvalue weighted by molar-refractivity contribution is 0.00714. The van der Waals surface area contributed by atoms with Gasteiger partial charge in [0.1, 0.15) is 5.54 Å². The van der Waals surface area contributed by atoms with Crippen LogP contribution in [-0.4, -0.2) is 24.8 Å². The molecule has 3 heteroatoms. The Bertz CT molecular complexity index is 291. The van der Waals surface area contributed by atoms with E-state index in [1.165, 1.54) is 44.9 Å². The number of nitriles is 1. The summed E-state index contributed by atoms with van der Waals surface area (Å²) in [4.78, 5) is 0. The van der Waals surface area contributed by atoms with Crippen LogP contribution in [0.3, 0.4) is 0 Å². The highest BCUT2D eigenvalue weighted by molar-refractivity contribution is 5.14. The summed E-state index contributed by atoms with van der Waals surface area (Å²) in [7, 11) is 1.75. The SMILES string of the molecule is COC1CCCCC1(C#N)NC1CCCCCC1. The molecule has 3 nitrogen and oxygen atoms in total. The fourth-order valence-electron chi connectivity index (χ4n) is 3.57. The van der Waals surface area contributed by atoms with E-state index >= 15 is 0 Å². The Morgan fingerprint density at radius 1 is 1.06 bits per heavy atom. The molecule has 0 aromatic rings. The number of rotatable bonds is 3. The van der Waals surface area contributed by atoms with Gasteiger partial charge < -0.3 is 4.74 Å². The molecule has 2 fully saturated rings. The van der Waals surface area contributed by atoms with Gasteiger partial charge in [0.25, 0.3) is 0 Å². The van der Waals surface area contributed by atoms with Crippen molar-refractivity contribution in [3.8, 4) is 6.07 Å². The minimum atomic E-state index is -0.429. The maximum Gasteiger partial charge on any atom is 0.133 e. The number of hydrogen-bond donors (Lipinski definition) is 1. The number of nitrogens with one attached hydrogen (secondary N) is 1. The van der Waals surface area contributed by atoms with Gasteiger partial charge in [-0.05, 0) is 25.7 Å². The Morgan fingerprint density at radius 3 is 2.33 bits per heavy atom. The van der Waals surface area contributed by atoms with E-state index in [-0.39, 0.29) is 6.10 Å². The summed E-state index contributed by atoms with van der Waals surface area (Å²) < 4.78 is 5.59. The highest BCUT2D eigenvalue weighted by Crippen LogP contribution is 2.32. The third kappa shape index (κ3) is 3.05. The zero-order valence-electron chi connectivity index (χ0n) is 11.6. The molecule has 2 aliphatic rings. The summed E-state index contributed by atoms with van der Waals surface area (Å²) in [6.45, 7) is 0. The summed E-state index contributed by atoms with van der Waals surface area (Å²) in [5.41, 5.74) is -0.429. The Hall–Kier alpha value is -0.590. The van der Waals surface area contributed by atoms with Crippen LogP contribution < -0.4 is 5.32 Å². The lowest BCUT2D eigenvalue weighted by atomic mass is 9.79. The highest BCUT2D eigenvalue weighted by Gasteiger charge is 2.42. The van der Waals surface area contributed by atoms with E-state index < -0.39 is 5.54 Å². The van der Waals surface area contributed by atoms with Crippen LogP contribution in [0.2, 0.25) is 0 Å². The van der Waals surface area contributed by atoms with Gasteiger partial charge in [-0.2, -0.15) is 5.26 Å². The maximum absolute atomic E-state index is 9.65. The second-order valence-electron chi connectivity index (χ2n) is 5.89. The van der Waals surface area contributed by atoms with Crippen molar-refractivity contribution in [2.45, 2.75) is 81.9 Å². The quantitative estimate of drug-likeness (QED) is 0.783. The summed E-state index contributed by atoms with van der Waals surface area (Å²) in [5, 5.41) is 13.3. The van der Waals surface area contributed by atoms with Crippen molar-refractivity contribution in [2.75, 3.05) is 7.11 Å². The van der Waals surface area contributed by atoms with Crippen molar-refractivity contribution in [3.05, 3.63) is 0 Å². The van der Waals surface area contributed by atoms with Gasteiger partial charge in [0.15, 0.2) is 0 Å². The predicted octanol–water partition coefficient (Wildman–Crippen LogP) is 3.15. The third-order valence-corrected chi connectivity index (χ3v) is 4.64. The van der Waals surface area contributed by atoms with Crippen LogP contribution in [0.5, 0.6) is 0 Å². The lowest BCUT2D eigenvalue weighted by Gasteiger charge is -2.41. The molecule has 2 rings (SSSR count). The van der Waals surface area contributed by atoms with E-state index in [0.717, 1.165) is 19.3 Å². The monoisotopic (exact) mass is 250 g/mol. The van der Waals surface area contributed by atoms with Crippen molar-refractivity contribution in [2.24, 2.45) is 0 Å². The van der Waals surface area contributed by atoms with Crippen molar-refractivity contribution in [3.63, 3.8) is 0 Å². The molecule has 0 aromatic carbocycles. The first-order valence-electron chi connectivity index (χ1n) is 7.52. The zero-order valence-corrected chi connectivity index (χ0v) is 11.6. The van der Waals surface area contributed by atoms with Crippen molar-refractivity contribution < 1.29 is 4.74 Å². The minimum absolute atomic E-state index is 0.0690. The fraction of sp³-hybridized carbons (Fsp3) is 0.933. The number of methoxy groups -OCH3 is 1. The van der Waals surface area contributed by atoms with Gasteiger partial charge in [0.05, 0.1) is 12.2 Å². The molecule has 2 atom stereocenters. The van der Waals surface area contributed by atoms with Gasteiger partial charge in [-0.3, -0.25) is 5.32 Å². The van der Waals surface area contributed by atoms with Gasteiger partial charge in [-0.1, -0.05) is 38.5 Å². The molecule has 0 amide bonds. The largest absolute Gasteiger partial charge is 0.378 e. The molecule has 0 radical (unpaired) electrons. The van der Waals surface area contributed by atoms with Crippen LogP contribution in [0.15, 0.2) is 0 Å². The van der Waals surface area contributed by atoms with Crippen LogP contribution in [0.25, 0.3) is 0 Å². The minimum Gasteiger partial charge on any atom is -0.378 e. The second-order valence-corrected chi connectivity index (χ2v) is 5.89. The average molecular weight is 250 g/mol. The molecule has 2 unspecified atom stereocenters. The predicted molar refractivity (Wildman–Crippen MR) is 72.2 cm³/mol. The third-order valence-electron chi connectivity index (χ3n) is 4.64. The average Bonchev–Trinajstić information content (AvgIpc) is 2.67. The summed E-state index contributed by atoms with van der Waals surface area (Å²) in [6, 6.07) is 3.07. The second kappa shape index (κ2) is 6.54. The summed E-state index contributed by atoms with van der Waals surface area (Å²) in [5.74, 6) is 0. The van der Waals surface area contributed by atoms with Gasteiger partial charge >= 0.3 is 0 Å². The van der Waals surface area contributed by atoms with Crippen LogP contribution in [0.4, 0.5) is 0 Å². The maximum atomic E-state index is 9.65. The molecule has 0 aromatic heterocycles. The molecule has 0 aliphatic heterocycles. The van der Waals surface area contributed by atoms with Gasteiger partial charge in [-0.25, -0.2) is 0 Å². The molecule has 1 N–H and O–H groups in total. The van der Waals surface area contributed by atoms with Crippen molar-refractivity contribution in [1.82, 2.24) is 5.32 Å². The molecule has 0 spiro atoms. The van der Waals surface area contributed by atoms with Crippen molar-refractivity contribution >= 4 is 0 Å². The number of hydrogen-bond acceptors (Lipinski definition) is 3. The van der Waals surface area contributed by atoms with Crippen LogP contribution in [-0.2, 0) is 4.74 Å². The van der Waals surface area contributed by atoms with Gasteiger partial charge in [0, 0.05) is 13.2 Å². The Balaban J connectivity index is 2.03. The Labute approximate surface area is 111 Å². The van der Waals surface area contributed by atoms with Gasteiger partial charge in [-0.15, -0.1) is 0 Å². The van der Waals surface area contributed by atoms with Crippen molar-refractivity contribution in [1.29, 1.82) is 5.26 Å². The van der Waals surface area contributed by atoms with E-state index in [9.17, 15) is 5.26 Å². The first-order valence-corrected chi connectivity index (χ1v) is 7.52. The van der Waals surface area contributed by atoms with E-state index in [2.05, 4.69) is 11.4 Å². The molecule has 0 bridgehead atoms. The number of ether oxygens (including phenoxy) is 1. The van der Waals surface area contributed by atoms with E-state index in [4.69, 9.17) is 4.74 Å². The Morgan fingerprint density at radius 2 is 1.72 bits per heavy atom. The Kier molecular flexibility index (Phi) is 5.03. The molecular weight excluding hydrogens is 224 g/mol. The van der Waals surface area contributed by atoms with Crippen LogP contribution in [0, 0.1) is 11.3 Å². The molecule has 18 heavy (non-hydrogen) atoms. The summed E-state index contributed by atoms with van der Waals surface area (Å²) in [6.07, 6.45) is 12.1. The molecule has 0 saturated heterocycles. The van der Waals surface area contributed by atoms with Crippen LogP contribution in [0.1, 0.15) is 64.2 Å². The smallest absolute Gasteiger partial charge is 0.133 e. The topological polar surface area (TPSA) is 45.0 Å². The first-order chi connectivity index (χ1) is 8.80. The molecule has 2 aliphatic carbocycles. The molecule has 0 heterocycles. The lowest BCUT2D eigenvalue weighted by Crippen LogP contribution is -2.59. The van der Waals surface area contributed by atoms with E-state index in [0.29, 0.717) is 6.04 Å². The standard InChI is InChI=1S/C15H26N2O/c1-18-14-10-6-7-11-15(14,12-16)17-13-8-4-2-3-5-9-13/h13-14,17H,2-11H2,1H3. The molecular formula is C15H26N2O. The summed E-state index contributed by atoms with van der Waals surface area (Å²) >= 11 is 0.